The molecule has 0 aromatic carbocycles. The summed E-state index contributed by atoms with van der Waals surface area (Å²) in [5.74, 6) is -4.58. The normalized spacial score (nSPS) is 23.1. The van der Waals surface area contributed by atoms with Crippen molar-refractivity contribution in [3.8, 4) is 0 Å². The predicted octanol–water partition coefficient (Wildman–Crippen LogP) is 3.11. The number of aliphatic hydroxyl groups is 1. The zero-order valence-corrected chi connectivity index (χ0v) is 26.7. The van der Waals surface area contributed by atoms with E-state index in [-0.39, 0.29) is 11.6 Å². The molecule has 1 aliphatic rings. The van der Waals surface area contributed by atoms with Gasteiger partial charge in [0, 0.05) is 18.8 Å². The molecule has 5 atom stereocenters. The highest BCUT2D eigenvalue weighted by molar-refractivity contribution is 5.95. The number of hydrogen-bond acceptors (Lipinski definition) is 7. The Kier molecular flexibility index (Phi) is 17.5. The van der Waals surface area contributed by atoms with Crippen LogP contribution < -0.4 is 16.4 Å². The lowest BCUT2D eigenvalue weighted by molar-refractivity contribution is -0.165. The standard InChI is InChI=1S/C32H54N4O7/c1-21(2)16-14-12-10-8-7-9-11-13-15-17-22(3)29-24(5)31(41)34-23(4)18-19-26(38)36(6)20-25(37)35-27(32(42)43-29)28(39)30(33)40/h18-19,21-22,24,27-29,39H,4,7-17,20H2,1-3,5-6H3,(H2,33,40)(H,34,41)(H,35,37)/b19-18-. The number of nitrogens with zero attached hydrogens (tertiary/aromatic N) is 1. The number of nitrogens with one attached hydrogen (secondary N) is 2. The van der Waals surface area contributed by atoms with Gasteiger partial charge in [-0.15, -0.1) is 0 Å². The smallest absolute Gasteiger partial charge is 0.332 e. The first-order chi connectivity index (χ1) is 20.2. The van der Waals surface area contributed by atoms with Crippen LogP contribution in [0.15, 0.2) is 24.4 Å². The van der Waals surface area contributed by atoms with Crippen molar-refractivity contribution < 1.29 is 33.8 Å². The van der Waals surface area contributed by atoms with Crippen molar-refractivity contribution in [3.05, 3.63) is 24.4 Å². The number of cyclic esters (lactones) is 1. The van der Waals surface area contributed by atoms with Crippen molar-refractivity contribution in [2.45, 2.75) is 117 Å². The molecule has 43 heavy (non-hydrogen) atoms. The Balaban J connectivity index is 2.91. The number of ether oxygens (including phenoxy) is 1. The van der Waals surface area contributed by atoms with Crippen molar-refractivity contribution in [1.82, 2.24) is 15.5 Å². The summed E-state index contributed by atoms with van der Waals surface area (Å²) in [7, 11) is 1.35. The van der Waals surface area contributed by atoms with Crippen LogP contribution in [0.3, 0.4) is 0 Å². The SMILES string of the molecule is C=C1/C=C\C(=O)N(C)CC(=O)NC(C(O)C(N)=O)C(=O)OC(C(C)CCCCCCCCCCCC(C)C)C(C)C(=O)N1. The molecule has 0 aromatic rings. The highest BCUT2D eigenvalue weighted by Crippen LogP contribution is 2.25. The number of carbonyl (C=O) groups excluding carboxylic acids is 5. The van der Waals surface area contributed by atoms with Crippen LogP contribution in [-0.4, -0.2) is 71.4 Å². The number of nitrogens with two attached hydrogens (primary N) is 1. The van der Waals surface area contributed by atoms with E-state index < -0.39 is 60.3 Å². The summed E-state index contributed by atoms with van der Waals surface area (Å²) in [6, 6.07) is -1.82. The first-order valence-electron chi connectivity index (χ1n) is 15.6. The molecular formula is C32H54N4O7. The number of likely N-dealkylation sites (N-methyl/N-ethyl adjacent to an activating group) is 1. The van der Waals surface area contributed by atoms with E-state index in [0.29, 0.717) is 6.42 Å². The minimum absolute atomic E-state index is 0.151. The molecule has 0 aromatic heterocycles. The van der Waals surface area contributed by atoms with Gasteiger partial charge in [-0.3, -0.25) is 19.2 Å². The first-order valence-corrected chi connectivity index (χ1v) is 15.6. The van der Waals surface area contributed by atoms with Crippen molar-refractivity contribution >= 4 is 29.6 Å². The van der Waals surface area contributed by atoms with Gasteiger partial charge in [-0.2, -0.15) is 0 Å². The van der Waals surface area contributed by atoms with E-state index in [1.165, 1.54) is 51.6 Å². The molecule has 0 bridgehead atoms. The fourth-order valence-electron chi connectivity index (χ4n) is 5.04. The molecule has 5 N–H and O–H groups in total. The summed E-state index contributed by atoms with van der Waals surface area (Å²) >= 11 is 0. The van der Waals surface area contributed by atoms with Crippen LogP contribution >= 0.6 is 0 Å². The number of esters is 1. The van der Waals surface area contributed by atoms with Crippen molar-refractivity contribution in [2.24, 2.45) is 23.5 Å². The number of primary amides is 1. The summed E-state index contributed by atoms with van der Waals surface area (Å²) in [5.41, 5.74) is 5.38. The first kappa shape index (κ1) is 37.8. The lowest BCUT2D eigenvalue weighted by atomic mass is 9.88. The monoisotopic (exact) mass is 606 g/mol. The van der Waals surface area contributed by atoms with Gasteiger partial charge in [0.25, 0.3) is 0 Å². The Bertz CT molecular complexity index is 981. The zero-order valence-electron chi connectivity index (χ0n) is 26.7. The van der Waals surface area contributed by atoms with Crippen LogP contribution in [-0.2, 0) is 28.7 Å². The van der Waals surface area contributed by atoms with E-state index in [0.717, 1.165) is 42.6 Å². The molecule has 244 valence electrons. The number of aliphatic hydroxyl groups excluding tert-OH is 1. The lowest BCUT2D eigenvalue weighted by Crippen LogP contribution is -2.57. The molecule has 1 rings (SSSR count). The highest BCUT2D eigenvalue weighted by atomic mass is 16.5. The maximum Gasteiger partial charge on any atom is 0.332 e. The summed E-state index contributed by atoms with van der Waals surface area (Å²) in [5, 5.41) is 15.2. The Morgan fingerprint density at radius 2 is 1.53 bits per heavy atom. The van der Waals surface area contributed by atoms with E-state index in [2.05, 4.69) is 31.1 Å². The van der Waals surface area contributed by atoms with Gasteiger partial charge in [0.2, 0.25) is 23.6 Å². The predicted molar refractivity (Wildman–Crippen MR) is 165 cm³/mol. The van der Waals surface area contributed by atoms with Crippen molar-refractivity contribution in [2.75, 3.05) is 13.6 Å². The van der Waals surface area contributed by atoms with Crippen molar-refractivity contribution in [3.63, 3.8) is 0 Å². The molecule has 0 aliphatic carbocycles. The zero-order chi connectivity index (χ0) is 32.5. The number of rotatable bonds is 15. The Hall–Kier alpha value is -3.21. The lowest BCUT2D eigenvalue weighted by Gasteiger charge is -2.31. The average molecular weight is 607 g/mol. The van der Waals surface area contributed by atoms with Gasteiger partial charge < -0.3 is 31.1 Å². The van der Waals surface area contributed by atoms with E-state index >= 15 is 0 Å². The van der Waals surface area contributed by atoms with Gasteiger partial charge in [-0.05, 0) is 24.3 Å². The van der Waals surface area contributed by atoms with Gasteiger partial charge in [-0.25, -0.2) is 4.79 Å². The third-order valence-electron chi connectivity index (χ3n) is 7.81. The van der Waals surface area contributed by atoms with Gasteiger partial charge in [0.15, 0.2) is 12.1 Å². The van der Waals surface area contributed by atoms with E-state index in [1.54, 1.807) is 6.92 Å². The van der Waals surface area contributed by atoms with E-state index in [1.807, 2.05) is 6.92 Å². The van der Waals surface area contributed by atoms with E-state index in [9.17, 15) is 29.1 Å². The Morgan fingerprint density at radius 1 is 1.00 bits per heavy atom. The molecule has 1 heterocycles. The molecule has 0 fully saturated rings. The largest absolute Gasteiger partial charge is 0.460 e. The summed E-state index contributed by atoms with van der Waals surface area (Å²) < 4.78 is 5.73. The molecule has 0 spiro atoms. The maximum absolute atomic E-state index is 13.2. The molecule has 0 radical (unpaired) electrons. The Morgan fingerprint density at radius 3 is 2.07 bits per heavy atom. The maximum atomic E-state index is 13.2. The Labute approximate surface area is 257 Å². The molecule has 4 amide bonds. The van der Waals surface area contributed by atoms with Gasteiger partial charge in [-0.1, -0.05) is 98.5 Å². The quantitative estimate of drug-likeness (QED) is 0.164. The van der Waals surface area contributed by atoms with Crippen LogP contribution in [0.1, 0.15) is 98.3 Å². The number of unbranched alkanes of at least 4 members (excludes halogenated alkanes) is 8. The topological polar surface area (TPSA) is 168 Å². The molecule has 11 heteroatoms. The molecule has 1 aliphatic heterocycles. The highest BCUT2D eigenvalue weighted by Gasteiger charge is 2.39. The fourth-order valence-corrected chi connectivity index (χ4v) is 5.04. The summed E-state index contributed by atoms with van der Waals surface area (Å²) in [6.45, 7) is 11.3. The number of carbonyl (C=O) groups is 5. The van der Waals surface area contributed by atoms with Crippen LogP contribution in [0, 0.1) is 17.8 Å². The van der Waals surface area contributed by atoms with Gasteiger partial charge in [0.05, 0.1) is 12.5 Å². The van der Waals surface area contributed by atoms with Crippen LogP contribution in [0.25, 0.3) is 0 Å². The average Bonchev–Trinajstić information content (AvgIpc) is 2.94. The van der Waals surface area contributed by atoms with Crippen LogP contribution in [0.2, 0.25) is 0 Å². The molecule has 0 saturated carbocycles. The van der Waals surface area contributed by atoms with Gasteiger partial charge >= 0.3 is 5.97 Å². The fraction of sp³-hybridized carbons (Fsp3) is 0.719. The van der Waals surface area contributed by atoms with Crippen LogP contribution in [0.4, 0.5) is 0 Å². The minimum Gasteiger partial charge on any atom is -0.460 e. The van der Waals surface area contributed by atoms with Gasteiger partial charge in [0.1, 0.15) is 6.10 Å². The third kappa shape index (κ3) is 14.7. The van der Waals surface area contributed by atoms with Crippen LogP contribution in [0.5, 0.6) is 0 Å². The molecule has 11 nitrogen and oxygen atoms in total. The second-order valence-corrected chi connectivity index (χ2v) is 12.3. The molecular weight excluding hydrogens is 552 g/mol. The molecule has 5 unspecified atom stereocenters. The van der Waals surface area contributed by atoms with Crippen molar-refractivity contribution in [1.29, 1.82) is 0 Å². The second kappa shape index (κ2) is 19.9. The third-order valence-corrected chi connectivity index (χ3v) is 7.81. The summed E-state index contributed by atoms with van der Waals surface area (Å²) in [6.07, 6.45) is 11.9. The number of amides is 4. The summed E-state index contributed by atoms with van der Waals surface area (Å²) in [4.78, 5) is 64.1. The second-order valence-electron chi connectivity index (χ2n) is 12.3. The molecule has 0 saturated heterocycles. The number of allylic oxidation sites excluding steroid dienone is 1. The number of hydrogen-bond donors (Lipinski definition) is 4. The minimum atomic E-state index is -2.08. The van der Waals surface area contributed by atoms with E-state index in [4.69, 9.17) is 10.5 Å².